The maximum Gasteiger partial charge on any atom is 0.341 e. The zero-order chi connectivity index (χ0) is 25.2. The van der Waals surface area contributed by atoms with E-state index in [0.717, 1.165) is 74.7 Å². The number of pyridine rings is 1. The molecule has 0 unspecified atom stereocenters. The third-order valence-electron chi connectivity index (χ3n) is 8.71. The van der Waals surface area contributed by atoms with E-state index in [1.165, 1.54) is 6.07 Å². The van der Waals surface area contributed by atoms with E-state index >= 15 is 0 Å². The van der Waals surface area contributed by atoms with Crippen LogP contribution in [0.2, 0.25) is 0 Å². The summed E-state index contributed by atoms with van der Waals surface area (Å²) >= 11 is 0. The van der Waals surface area contributed by atoms with Crippen LogP contribution < -0.4 is 14.9 Å². The Hall–Kier alpha value is -2.84. The normalized spacial score (nSPS) is 24.8. The van der Waals surface area contributed by atoms with Crippen molar-refractivity contribution in [3.8, 4) is 22.8 Å². The monoisotopic (exact) mass is 494 g/mol. The zero-order valence-corrected chi connectivity index (χ0v) is 21.2. The number of hydrogen-bond donors (Lipinski definition) is 1. The highest BCUT2D eigenvalue weighted by Gasteiger charge is 2.49. The van der Waals surface area contributed by atoms with E-state index in [1.807, 2.05) is 10.6 Å². The Bertz CT molecular complexity index is 1270. The van der Waals surface area contributed by atoms with Gasteiger partial charge in [0.05, 0.1) is 32.6 Å². The lowest BCUT2D eigenvalue weighted by Gasteiger charge is -2.55. The Morgan fingerprint density at radius 1 is 1.19 bits per heavy atom. The molecule has 4 aliphatic rings. The molecule has 4 heterocycles. The van der Waals surface area contributed by atoms with Gasteiger partial charge >= 0.3 is 5.97 Å². The van der Waals surface area contributed by atoms with Crippen LogP contribution >= 0.6 is 0 Å². The molecule has 8 nitrogen and oxygen atoms in total. The maximum absolute atomic E-state index is 12.7. The Kier molecular flexibility index (Phi) is 5.46. The minimum Gasteiger partial charge on any atom is -0.493 e. The smallest absolute Gasteiger partial charge is 0.341 e. The molecule has 0 bridgehead atoms. The minimum absolute atomic E-state index is 0.0387. The third-order valence-corrected chi connectivity index (χ3v) is 8.71. The number of aromatic carboxylic acids is 1. The van der Waals surface area contributed by atoms with Gasteiger partial charge in [0.2, 0.25) is 0 Å². The summed E-state index contributed by atoms with van der Waals surface area (Å²) in [7, 11) is 1.62. The van der Waals surface area contributed by atoms with Crippen molar-refractivity contribution in [2.24, 2.45) is 10.8 Å². The molecule has 1 aromatic heterocycles. The fourth-order valence-electron chi connectivity index (χ4n) is 6.91. The van der Waals surface area contributed by atoms with Crippen LogP contribution in [0.15, 0.2) is 29.2 Å². The van der Waals surface area contributed by atoms with Gasteiger partial charge in [0.1, 0.15) is 5.56 Å². The van der Waals surface area contributed by atoms with Crippen molar-refractivity contribution in [2.75, 3.05) is 46.6 Å². The molecule has 1 aliphatic carbocycles. The van der Waals surface area contributed by atoms with Gasteiger partial charge in [0.25, 0.3) is 0 Å². The lowest BCUT2D eigenvalue weighted by atomic mass is 9.77. The lowest BCUT2D eigenvalue weighted by molar-refractivity contribution is -0.189. The number of fused-ring (bicyclic) bond motifs is 6. The third kappa shape index (κ3) is 3.65. The van der Waals surface area contributed by atoms with Gasteiger partial charge in [-0.05, 0) is 42.4 Å². The van der Waals surface area contributed by atoms with Gasteiger partial charge in [-0.1, -0.05) is 13.8 Å². The summed E-state index contributed by atoms with van der Waals surface area (Å²) in [5.74, 6) is 0.372. The molecule has 1 N–H and O–H groups in total. The molecule has 3 fully saturated rings. The minimum atomic E-state index is -1.19. The molecule has 2 aromatic rings. The van der Waals surface area contributed by atoms with Gasteiger partial charge in [-0.15, -0.1) is 0 Å². The Morgan fingerprint density at radius 2 is 1.97 bits per heavy atom. The molecule has 0 radical (unpaired) electrons. The summed E-state index contributed by atoms with van der Waals surface area (Å²) < 4.78 is 19.3. The number of methoxy groups -OCH3 is 1. The van der Waals surface area contributed by atoms with Gasteiger partial charge in [0, 0.05) is 54.8 Å². The topological polar surface area (TPSA) is 90.2 Å². The molecule has 192 valence electrons. The first-order valence-corrected chi connectivity index (χ1v) is 12.9. The largest absolute Gasteiger partial charge is 0.493 e. The highest BCUT2D eigenvalue weighted by molar-refractivity contribution is 5.88. The van der Waals surface area contributed by atoms with Crippen molar-refractivity contribution < 1.29 is 24.1 Å². The number of likely N-dealkylation sites (tertiary alicyclic amines) is 1. The number of rotatable bonds is 7. The lowest BCUT2D eigenvalue weighted by Crippen LogP contribution is -2.65. The predicted octanol–water partition coefficient (Wildman–Crippen LogP) is 3.78. The molecule has 1 saturated carbocycles. The average molecular weight is 495 g/mol. The van der Waals surface area contributed by atoms with Crippen molar-refractivity contribution in [3.63, 3.8) is 0 Å². The van der Waals surface area contributed by atoms with Gasteiger partial charge in [-0.25, -0.2) is 4.79 Å². The molecule has 36 heavy (non-hydrogen) atoms. The van der Waals surface area contributed by atoms with Crippen LogP contribution in [0, 0.1) is 10.8 Å². The Morgan fingerprint density at radius 3 is 2.64 bits per heavy atom. The van der Waals surface area contributed by atoms with E-state index in [4.69, 9.17) is 14.2 Å². The van der Waals surface area contributed by atoms with Crippen LogP contribution in [-0.4, -0.2) is 67.1 Å². The summed E-state index contributed by atoms with van der Waals surface area (Å²) in [5.41, 5.74) is 2.54. The second-order valence-electron chi connectivity index (χ2n) is 11.7. The number of benzene rings is 1. The summed E-state index contributed by atoms with van der Waals surface area (Å²) in [6.07, 6.45) is 4.48. The molecule has 3 aliphatic heterocycles. The second-order valence-corrected chi connectivity index (χ2v) is 11.7. The van der Waals surface area contributed by atoms with Crippen molar-refractivity contribution >= 4 is 5.97 Å². The Balaban J connectivity index is 1.29. The first-order valence-electron chi connectivity index (χ1n) is 12.9. The van der Waals surface area contributed by atoms with E-state index in [1.54, 1.807) is 13.3 Å². The molecule has 1 aromatic carbocycles. The zero-order valence-electron chi connectivity index (χ0n) is 21.2. The summed E-state index contributed by atoms with van der Waals surface area (Å²) in [6, 6.07) is 5.58. The number of nitrogens with zero attached hydrogens (tertiary/aromatic N) is 2. The average Bonchev–Trinajstić information content (AvgIpc) is 3.11. The van der Waals surface area contributed by atoms with E-state index < -0.39 is 11.4 Å². The van der Waals surface area contributed by atoms with Crippen LogP contribution in [0.5, 0.6) is 11.5 Å². The summed E-state index contributed by atoms with van der Waals surface area (Å²) in [4.78, 5) is 26.9. The van der Waals surface area contributed by atoms with Gasteiger partial charge in [-0.2, -0.15) is 0 Å². The molecule has 0 amide bonds. The van der Waals surface area contributed by atoms with E-state index in [2.05, 4.69) is 24.8 Å². The van der Waals surface area contributed by atoms with Crippen molar-refractivity contribution in [2.45, 2.75) is 45.1 Å². The standard InChI is InChI=1S/C28H34N2O6/c1-27(2)6-5-17-18-9-24(36-8-4-7-29-13-28(14-29)15-35-16-28)23(34-3)10-19(18)21-11-22(31)20(26(32)33)12-30(21)25(17)27/h9-12,17,25H,4-8,13-16H2,1-3H3,(H,32,33)/t17-,25+/m1/s1. The quantitative estimate of drug-likeness (QED) is 0.586. The van der Waals surface area contributed by atoms with E-state index in [9.17, 15) is 14.7 Å². The van der Waals surface area contributed by atoms with Crippen molar-refractivity contribution in [3.05, 3.63) is 45.7 Å². The molecular weight excluding hydrogens is 460 g/mol. The number of ether oxygens (including phenoxy) is 3. The van der Waals surface area contributed by atoms with Crippen molar-refractivity contribution in [1.29, 1.82) is 0 Å². The molecule has 2 saturated heterocycles. The van der Waals surface area contributed by atoms with Gasteiger partial charge < -0.3 is 28.8 Å². The predicted molar refractivity (Wildman–Crippen MR) is 134 cm³/mol. The summed E-state index contributed by atoms with van der Waals surface area (Å²) in [6.45, 7) is 10.1. The number of carboxylic acid groups (broad SMARTS) is 1. The number of carbonyl (C=O) groups is 1. The fraction of sp³-hybridized carbons (Fsp3) is 0.571. The molecule has 2 atom stereocenters. The number of carboxylic acids is 1. The highest BCUT2D eigenvalue weighted by atomic mass is 16.5. The first kappa shape index (κ1) is 23.6. The second kappa shape index (κ2) is 8.35. The fourth-order valence-corrected chi connectivity index (χ4v) is 6.91. The first-order chi connectivity index (χ1) is 17.2. The van der Waals surface area contributed by atoms with Crippen LogP contribution in [-0.2, 0) is 4.74 Å². The van der Waals surface area contributed by atoms with Gasteiger partial charge in [0.15, 0.2) is 16.9 Å². The maximum atomic E-state index is 12.7. The van der Waals surface area contributed by atoms with Crippen LogP contribution in [0.4, 0.5) is 0 Å². The van der Waals surface area contributed by atoms with Crippen LogP contribution in [0.25, 0.3) is 11.3 Å². The van der Waals surface area contributed by atoms with E-state index in [-0.39, 0.29) is 22.9 Å². The van der Waals surface area contributed by atoms with Crippen molar-refractivity contribution in [1.82, 2.24) is 9.47 Å². The molecule has 1 spiro atoms. The summed E-state index contributed by atoms with van der Waals surface area (Å²) in [5, 5.41) is 9.59. The van der Waals surface area contributed by atoms with Crippen LogP contribution in [0.1, 0.15) is 61.0 Å². The SMILES string of the molecule is COc1cc2c(cc1OCCCN1CC3(COC3)C1)[C@H]1CCC(C)(C)[C@H]1n1cc(C(=O)O)c(=O)cc1-2. The highest BCUT2D eigenvalue weighted by Crippen LogP contribution is 2.59. The van der Waals surface area contributed by atoms with E-state index in [0.29, 0.717) is 17.8 Å². The molecule has 6 rings (SSSR count). The number of aromatic nitrogens is 1. The number of hydrogen-bond acceptors (Lipinski definition) is 6. The van der Waals surface area contributed by atoms with Crippen LogP contribution in [0.3, 0.4) is 0 Å². The van der Waals surface area contributed by atoms with Gasteiger partial charge in [-0.3, -0.25) is 4.79 Å². The molecule has 8 heteroatoms. The Labute approximate surface area is 210 Å². The molecular formula is C28H34N2O6.